The van der Waals surface area contributed by atoms with Crippen LogP contribution in [-0.4, -0.2) is 16.6 Å². The number of aryl methyl sites for hydroxylation is 1. The number of hydrogen-bond donors (Lipinski definition) is 1. The summed E-state index contributed by atoms with van der Waals surface area (Å²) in [5.74, 6) is 0.671. The van der Waals surface area contributed by atoms with E-state index in [9.17, 15) is 4.79 Å². The smallest absolute Gasteiger partial charge is 0.254 e. The highest BCUT2D eigenvalue weighted by Crippen LogP contribution is 2.32. The molecule has 4 heteroatoms. The molecular formula is C12H18N2O2. The number of nitrogens with one attached hydrogen (secondary N) is 1. The van der Waals surface area contributed by atoms with E-state index in [0.29, 0.717) is 12.2 Å². The number of rotatable bonds is 2. The van der Waals surface area contributed by atoms with Gasteiger partial charge in [0.1, 0.15) is 11.4 Å². The quantitative estimate of drug-likeness (QED) is 0.828. The fourth-order valence-electron chi connectivity index (χ4n) is 2.24. The van der Waals surface area contributed by atoms with Crippen LogP contribution in [0.1, 0.15) is 43.8 Å². The first-order valence-electron chi connectivity index (χ1n) is 5.81. The number of aromatic amines is 1. The first-order chi connectivity index (χ1) is 7.57. The van der Waals surface area contributed by atoms with E-state index in [4.69, 9.17) is 4.74 Å². The number of nitrogens with zero attached hydrogens (tertiary/aromatic N) is 1. The Morgan fingerprint density at radius 2 is 2.31 bits per heavy atom. The molecule has 0 amide bonds. The van der Waals surface area contributed by atoms with Crippen LogP contribution in [0.2, 0.25) is 0 Å². The van der Waals surface area contributed by atoms with Crippen LogP contribution in [0.4, 0.5) is 0 Å². The van der Waals surface area contributed by atoms with Gasteiger partial charge in [-0.1, -0.05) is 6.92 Å². The highest BCUT2D eigenvalue weighted by Gasteiger charge is 2.34. The Hall–Kier alpha value is -1.16. The van der Waals surface area contributed by atoms with E-state index in [1.165, 1.54) is 0 Å². The minimum absolute atomic E-state index is 0.0262. The summed E-state index contributed by atoms with van der Waals surface area (Å²) in [5, 5.41) is 0. The van der Waals surface area contributed by atoms with Crippen LogP contribution >= 0.6 is 0 Å². The van der Waals surface area contributed by atoms with E-state index < -0.39 is 5.60 Å². The van der Waals surface area contributed by atoms with Crippen LogP contribution < -0.4 is 5.56 Å². The van der Waals surface area contributed by atoms with Crippen molar-refractivity contribution >= 4 is 0 Å². The molecule has 2 heterocycles. The molecule has 1 aromatic heterocycles. The molecular weight excluding hydrogens is 204 g/mol. The second kappa shape index (κ2) is 4.01. The summed E-state index contributed by atoms with van der Waals surface area (Å²) in [6.45, 7) is 6.58. The highest BCUT2D eigenvalue weighted by atomic mass is 16.5. The molecule has 1 aliphatic heterocycles. The second-order valence-corrected chi connectivity index (χ2v) is 4.51. The SMILES string of the molecule is CCc1c(C)nc(C2(C)CCCO2)[nH]c1=O. The van der Waals surface area contributed by atoms with E-state index in [1.54, 1.807) is 0 Å². The molecule has 1 saturated heterocycles. The van der Waals surface area contributed by atoms with Crippen molar-refractivity contribution in [2.75, 3.05) is 6.61 Å². The number of H-pyrrole nitrogens is 1. The van der Waals surface area contributed by atoms with Gasteiger partial charge in [0.15, 0.2) is 0 Å². The molecule has 1 fully saturated rings. The summed E-state index contributed by atoms with van der Waals surface area (Å²) in [5.41, 5.74) is 1.15. The summed E-state index contributed by atoms with van der Waals surface area (Å²) < 4.78 is 5.68. The lowest BCUT2D eigenvalue weighted by atomic mass is 10.0. The molecule has 0 radical (unpaired) electrons. The average Bonchev–Trinajstić information content (AvgIpc) is 2.66. The van der Waals surface area contributed by atoms with Crippen LogP contribution in [0, 0.1) is 6.92 Å². The van der Waals surface area contributed by atoms with Gasteiger partial charge in [0.2, 0.25) is 0 Å². The maximum Gasteiger partial charge on any atom is 0.254 e. The molecule has 0 spiro atoms. The van der Waals surface area contributed by atoms with E-state index in [2.05, 4.69) is 9.97 Å². The summed E-state index contributed by atoms with van der Waals surface area (Å²) in [6, 6.07) is 0. The molecule has 0 saturated carbocycles. The number of aromatic nitrogens is 2. The Labute approximate surface area is 95.1 Å². The standard InChI is InChI=1S/C12H18N2O2/c1-4-9-8(2)13-11(14-10(9)15)12(3)6-5-7-16-12/h4-7H2,1-3H3,(H,13,14,15). The molecule has 1 aliphatic rings. The van der Waals surface area contributed by atoms with Crippen LogP contribution in [-0.2, 0) is 16.8 Å². The Bertz CT molecular complexity index is 445. The van der Waals surface area contributed by atoms with Gasteiger partial charge in [0.05, 0.1) is 0 Å². The summed E-state index contributed by atoms with van der Waals surface area (Å²) in [6.07, 6.45) is 2.65. The Kier molecular flexibility index (Phi) is 2.84. The molecule has 1 aromatic rings. The predicted molar refractivity (Wildman–Crippen MR) is 61.5 cm³/mol. The lowest BCUT2D eigenvalue weighted by Gasteiger charge is -2.22. The highest BCUT2D eigenvalue weighted by molar-refractivity contribution is 5.18. The summed E-state index contributed by atoms with van der Waals surface area (Å²) in [4.78, 5) is 19.2. The number of hydrogen-bond acceptors (Lipinski definition) is 3. The zero-order valence-corrected chi connectivity index (χ0v) is 10.1. The number of ether oxygens (including phenoxy) is 1. The van der Waals surface area contributed by atoms with E-state index in [0.717, 1.165) is 30.7 Å². The first kappa shape index (κ1) is 11.3. The molecule has 1 unspecified atom stereocenters. The van der Waals surface area contributed by atoms with E-state index >= 15 is 0 Å². The van der Waals surface area contributed by atoms with Crippen LogP contribution in [0.25, 0.3) is 0 Å². The molecule has 0 aliphatic carbocycles. The largest absolute Gasteiger partial charge is 0.367 e. The van der Waals surface area contributed by atoms with Gasteiger partial charge in [-0.15, -0.1) is 0 Å². The molecule has 1 N–H and O–H groups in total. The van der Waals surface area contributed by atoms with Crippen molar-refractivity contribution in [2.24, 2.45) is 0 Å². The third-order valence-electron chi connectivity index (χ3n) is 3.30. The van der Waals surface area contributed by atoms with Crippen molar-refractivity contribution in [3.8, 4) is 0 Å². The monoisotopic (exact) mass is 222 g/mol. The maximum atomic E-state index is 11.8. The van der Waals surface area contributed by atoms with Gasteiger partial charge in [-0.3, -0.25) is 4.79 Å². The van der Waals surface area contributed by atoms with Gasteiger partial charge >= 0.3 is 0 Å². The lowest BCUT2D eigenvalue weighted by molar-refractivity contribution is 0.00895. The van der Waals surface area contributed by atoms with Gasteiger partial charge in [-0.05, 0) is 33.1 Å². The molecule has 0 bridgehead atoms. The lowest BCUT2D eigenvalue weighted by Crippen LogP contribution is -2.29. The van der Waals surface area contributed by atoms with Crippen molar-refractivity contribution in [3.05, 3.63) is 27.4 Å². The fourth-order valence-corrected chi connectivity index (χ4v) is 2.24. The molecule has 4 nitrogen and oxygen atoms in total. The summed E-state index contributed by atoms with van der Waals surface area (Å²) in [7, 11) is 0. The van der Waals surface area contributed by atoms with Gasteiger partial charge < -0.3 is 9.72 Å². The fraction of sp³-hybridized carbons (Fsp3) is 0.667. The van der Waals surface area contributed by atoms with Gasteiger partial charge in [-0.2, -0.15) is 0 Å². The molecule has 16 heavy (non-hydrogen) atoms. The topological polar surface area (TPSA) is 55.0 Å². The summed E-state index contributed by atoms with van der Waals surface area (Å²) >= 11 is 0. The minimum atomic E-state index is -0.407. The average molecular weight is 222 g/mol. The van der Waals surface area contributed by atoms with Crippen molar-refractivity contribution in [3.63, 3.8) is 0 Å². The van der Waals surface area contributed by atoms with Gasteiger partial charge in [0.25, 0.3) is 5.56 Å². The van der Waals surface area contributed by atoms with Crippen molar-refractivity contribution < 1.29 is 4.74 Å². The van der Waals surface area contributed by atoms with Crippen molar-refractivity contribution in [1.82, 2.24) is 9.97 Å². The molecule has 0 aromatic carbocycles. The van der Waals surface area contributed by atoms with E-state index in [-0.39, 0.29) is 5.56 Å². The van der Waals surface area contributed by atoms with Crippen LogP contribution in [0.3, 0.4) is 0 Å². The third-order valence-corrected chi connectivity index (χ3v) is 3.30. The maximum absolute atomic E-state index is 11.8. The third kappa shape index (κ3) is 1.78. The van der Waals surface area contributed by atoms with Gasteiger partial charge in [-0.25, -0.2) is 4.98 Å². The van der Waals surface area contributed by atoms with E-state index in [1.807, 2.05) is 20.8 Å². The Balaban J connectivity index is 2.48. The van der Waals surface area contributed by atoms with Gasteiger partial charge in [0, 0.05) is 17.9 Å². The molecule has 2 rings (SSSR count). The van der Waals surface area contributed by atoms with Crippen LogP contribution in [0.15, 0.2) is 4.79 Å². The van der Waals surface area contributed by atoms with Crippen molar-refractivity contribution in [1.29, 1.82) is 0 Å². The van der Waals surface area contributed by atoms with Crippen molar-refractivity contribution in [2.45, 2.75) is 45.6 Å². The Morgan fingerprint density at radius 3 is 2.81 bits per heavy atom. The zero-order chi connectivity index (χ0) is 11.8. The van der Waals surface area contributed by atoms with Crippen LogP contribution in [0.5, 0.6) is 0 Å². The second-order valence-electron chi connectivity index (χ2n) is 4.51. The Morgan fingerprint density at radius 1 is 1.56 bits per heavy atom. The molecule has 1 atom stereocenters. The normalized spacial score (nSPS) is 24.9. The first-order valence-corrected chi connectivity index (χ1v) is 5.81. The minimum Gasteiger partial charge on any atom is -0.367 e. The predicted octanol–water partition coefficient (Wildman–Crippen LogP) is 1.67. The zero-order valence-electron chi connectivity index (χ0n) is 10.1. The molecule has 88 valence electrons.